The first-order chi connectivity index (χ1) is 6.43. The second kappa shape index (κ2) is 4.18. The summed E-state index contributed by atoms with van der Waals surface area (Å²) in [6.07, 6.45) is -2.58. The molecule has 0 heterocycles. The van der Waals surface area contributed by atoms with Crippen LogP contribution < -0.4 is 5.32 Å². The van der Waals surface area contributed by atoms with E-state index in [0.717, 1.165) is 12.8 Å². The molecule has 0 saturated heterocycles. The fourth-order valence-corrected chi connectivity index (χ4v) is 1.59. The third-order valence-corrected chi connectivity index (χ3v) is 2.54. The molecule has 0 aromatic rings. The van der Waals surface area contributed by atoms with Gasteiger partial charge in [-0.05, 0) is 18.8 Å². The summed E-state index contributed by atoms with van der Waals surface area (Å²) in [5, 5.41) is 11.1. The van der Waals surface area contributed by atoms with E-state index in [2.05, 4.69) is 12.2 Å². The Morgan fingerprint density at radius 1 is 1.50 bits per heavy atom. The van der Waals surface area contributed by atoms with Crippen LogP contribution in [-0.2, 0) is 0 Å². The molecule has 1 unspecified atom stereocenters. The highest BCUT2D eigenvalue weighted by Crippen LogP contribution is 2.28. The van der Waals surface area contributed by atoms with E-state index < -0.39 is 12.1 Å². The van der Waals surface area contributed by atoms with Crippen LogP contribution in [0.1, 0.15) is 19.8 Å². The molecule has 1 aliphatic rings. The third-order valence-electron chi connectivity index (χ3n) is 2.54. The van der Waals surface area contributed by atoms with Crippen LogP contribution in [0, 0.1) is 23.2 Å². The van der Waals surface area contributed by atoms with Gasteiger partial charge >= 0.3 is 6.18 Å². The van der Waals surface area contributed by atoms with Crippen molar-refractivity contribution in [3.05, 3.63) is 0 Å². The maximum Gasteiger partial charge on any atom is 0.405 e. The van der Waals surface area contributed by atoms with E-state index in [9.17, 15) is 13.2 Å². The van der Waals surface area contributed by atoms with Gasteiger partial charge in [-0.25, -0.2) is 0 Å². The van der Waals surface area contributed by atoms with Crippen LogP contribution in [0.25, 0.3) is 0 Å². The maximum absolute atomic E-state index is 12.1. The zero-order valence-corrected chi connectivity index (χ0v) is 7.93. The van der Waals surface area contributed by atoms with Crippen molar-refractivity contribution in [1.29, 1.82) is 5.26 Å². The predicted molar refractivity (Wildman–Crippen MR) is 45.3 cm³/mol. The number of halogens is 3. The minimum absolute atomic E-state index is 0.170. The molecule has 0 aromatic heterocycles. The molecular formula is C9H13F3N2. The zero-order valence-electron chi connectivity index (χ0n) is 7.93. The molecule has 2 nitrogen and oxygen atoms in total. The Bertz CT molecular complexity index is 225. The van der Waals surface area contributed by atoms with Crippen LogP contribution in [0.4, 0.5) is 13.2 Å². The van der Waals surface area contributed by atoms with Gasteiger partial charge in [0.15, 0.2) is 5.92 Å². The molecular weight excluding hydrogens is 193 g/mol. The van der Waals surface area contributed by atoms with Gasteiger partial charge in [0.1, 0.15) is 0 Å². The number of hydrogen-bond donors (Lipinski definition) is 1. The van der Waals surface area contributed by atoms with Gasteiger partial charge < -0.3 is 5.32 Å². The summed E-state index contributed by atoms with van der Waals surface area (Å²) in [6, 6.07) is 1.44. The number of hydrogen-bond acceptors (Lipinski definition) is 2. The Balaban J connectivity index is 2.26. The molecule has 0 aromatic carbocycles. The average Bonchev–Trinajstić information content (AvgIpc) is 1.99. The standard InChI is InChI=1S/C9H13F3N2/c1-6-2-8(3-6)14-5-7(4-13)9(10,11)12/h6-8,14H,2-3,5H2,1H3. The average molecular weight is 206 g/mol. The summed E-state index contributed by atoms with van der Waals surface area (Å²) in [5.41, 5.74) is 0. The topological polar surface area (TPSA) is 35.8 Å². The van der Waals surface area contributed by atoms with E-state index in [-0.39, 0.29) is 12.6 Å². The summed E-state index contributed by atoms with van der Waals surface area (Å²) < 4.78 is 36.3. The highest BCUT2D eigenvalue weighted by atomic mass is 19.4. The molecule has 1 fully saturated rings. The first kappa shape index (κ1) is 11.3. The highest BCUT2D eigenvalue weighted by Gasteiger charge is 2.40. The molecule has 1 rings (SSSR count). The van der Waals surface area contributed by atoms with Crippen molar-refractivity contribution in [2.45, 2.75) is 32.0 Å². The molecule has 0 bridgehead atoms. The monoisotopic (exact) mass is 206 g/mol. The smallest absolute Gasteiger partial charge is 0.312 e. The van der Waals surface area contributed by atoms with Crippen molar-refractivity contribution >= 4 is 0 Å². The summed E-state index contributed by atoms with van der Waals surface area (Å²) in [6.45, 7) is 1.78. The lowest BCUT2D eigenvalue weighted by Gasteiger charge is -2.34. The van der Waals surface area contributed by atoms with Crippen LogP contribution in [0.5, 0.6) is 0 Å². The normalized spacial score (nSPS) is 29.1. The maximum atomic E-state index is 12.1. The third kappa shape index (κ3) is 2.88. The molecule has 0 aliphatic heterocycles. The first-order valence-electron chi connectivity index (χ1n) is 4.63. The van der Waals surface area contributed by atoms with E-state index >= 15 is 0 Å². The van der Waals surface area contributed by atoms with E-state index in [1.165, 1.54) is 6.07 Å². The van der Waals surface area contributed by atoms with Gasteiger partial charge in [-0.15, -0.1) is 0 Å². The van der Waals surface area contributed by atoms with Crippen LogP contribution >= 0.6 is 0 Å². The van der Waals surface area contributed by atoms with Crippen molar-refractivity contribution in [2.24, 2.45) is 11.8 Å². The molecule has 80 valence electrons. The summed E-state index contributed by atoms with van der Waals surface area (Å²) >= 11 is 0. The van der Waals surface area contributed by atoms with E-state index in [4.69, 9.17) is 5.26 Å². The van der Waals surface area contributed by atoms with Crippen molar-refractivity contribution in [2.75, 3.05) is 6.54 Å². The lowest BCUT2D eigenvalue weighted by Crippen LogP contribution is -2.44. The molecule has 1 N–H and O–H groups in total. The fraction of sp³-hybridized carbons (Fsp3) is 0.889. The lowest BCUT2D eigenvalue weighted by molar-refractivity contribution is -0.158. The first-order valence-corrected chi connectivity index (χ1v) is 4.63. The molecule has 1 saturated carbocycles. The minimum Gasteiger partial charge on any atom is -0.312 e. The van der Waals surface area contributed by atoms with Crippen LogP contribution in [0.15, 0.2) is 0 Å². The largest absolute Gasteiger partial charge is 0.405 e. The lowest BCUT2D eigenvalue weighted by atomic mass is 9.82. The Labute approximate surface area is 81.1 Å². The van der Waals surface area contributed by atoms with Crippen molar-refractivity contribution in [1.82, 2.24) is 5.32 Å². The Kier molecular flexibility index (Phi) is 3.38. The molecule has 5 heteroatoms. The van der Waals surface area contributed by atoms with E-state index in [1.54, 1.807) is 0 Å². The van der Waals surface area contributed by atoms with E-state index in [0.29, 0.717) is 5.92 Å². The van der Waals surface area contributed by atoms with Gasteiger partial charge in [0, 0.05) is 12.6 Å². The second-order valence-corrected chi connectivity index (χ2v) is 3.91. The van der Waals surface area contributed by atoms with Gasteiger partial charge in [0.05, 0.1) is 6.07 Å². The van der Waals surface area contributed by atoms with Crippen LogP contribution in [-0.4, -0.2) is 18.8 Å². The van der Waals surface area contributed by atoms with Crippen molar-refractivity contribution < 1.29 is 13.2 Å². The SMILES string of the molecule is CC1CC(NCC(C#N)C(F)(F)F)C1. The summed E-state index contributed by atoms with van der Waals surface area (Å²) in [7, 11) is 0. The Morgan fingerprint density at radius 3 is 2.43 bits per heavy atom. The number of nitrogens with one attached hydrogen (secondary N) is 1. The minimum atomic E-state index is -4.41. The zero-order chi connectivity index (χ0) is 10.8. The van der Waals surface area contributed by atoms with E-state index in [1.807, 2.05) is 0 Å². The number of rotatable bonds is 3. The Morgan fingerprint density at radius 2 is 2.07 bits per heavy atom. The molecule has 0 radical (unpaired) electrons. The predicted octanol–water partition coefficient (Wildman–Crippen LogP) is 2.08. The molecule has 0 spiro atoms. The van der Waals surface area contributed by atoms with Gasteiger partial charge in [0.25, 0.3) is 0 Å². The fourth-order valence-electron chi connectivity index (χ4n) is 1.59. The molecule has 1 atom stereocenters. The summed E-state index contributed by atoms with van der Waals surface area (Å²) in [5.74, 6) is -1.28. The number of alkyl halides is 3. The highest BCUT2D eigenvalue weighted by molar-refractivity contribution is 4.92. The van der Waals surface area contributed by atoms with Crippen LogP contribution in [0.3, 0.4) is 0 Å². The van der Waals surface area contributed by atoms with Crippen LogP contribution in [0.2, 0.25) is 0 Å². The van der Waals surface area contributed by atoms with Gasteiger partial charge in [-0.2, -0.15) is 18.4 Å². The van der Waals surface area contributed by atoms with Gasteiger partial charge in [-0.1, -0.05) is 6.92 Å². The van der Waals surface area contributed by atoms with Crippen molar-refractivity contribution in [3.8, 4) is 6.07 Å². The quantitative estimate of drug-likeness (QED) is 0.767. The molecule has 14 heavy (non-hydrogen) atoms. The van der Waals surface area contributed by atoms with Gasteiger partial charge in [-0.3, -0.25) is 0 Å². The van der Waals surface area contributed by atoms with Crippen molar-refractivity contribution in [3.63, 3.8) is 0 Å². The second-order valence-electron chi connectivity index (χ2n) is 3.91. The summed E-state index contributed by atoms with van der Waals surface area (Å²) in [4.78, 5) is 0. The molecule has 0 amide bonds. The number of nitrogens with zero attached hydrogens (tertiary/aromatic N) is 1. The molecule has 1 aliphatic carbocycles. The number of nitriles is 1. The Hall–Kier alpha value is -0.760. The van der Waals surface area contributed by atoms with Gasteiger partial charge in [0.2, 0.25) is 0 Å².